The summed E-state index contributed by atoms with van der Waals surface area (Å²) in [7, 11) is 0. The highest BCUT2D eigenvalue weighted by Gasteiger charge is 2.47. The van der Waals surface area contributed by atoms with E-state index in [1.54, 1.807) is 0 Å². The van der Waals surface area contributed by atoms with Crippen molar-refractivity contribution in [3.8, 4) is 37.0 Å². The van der Waals surface area contributed by atoms with Crippen LogP contribution in [0.25, 0.3) is 0 Å². The molecule has 0 aromatic carbocycles. The lowest BCUT2D eigenvalue weighted by atomic mass is 9.76. The van der Waals surface area contributed by atoms with E-state index in [9.17, 15) is 10.2 Å². The molecule has 0 rings (SSSR count). The summed E-state index contributed by atoms with van der Waals surface area (Å²) in [5, 5.41) is 29.1. The molecule has 1 unspecified atom stereocenters. The zero-order valence-corrected chi connectivity index (χ0v) is 8.40. The number of rotatable bonds is 5. The highest BCUT2D eigenvalue weighted by atomic mass is 16.4. The van der Waals surface area contributed by atoms with Crippen molar-refractivity contribution in [3.63, 3.8) is 0 Å². The zero-order chi connectivity index (χ0) is 11.9. The van der Waals surface area contributed by atoms with E-state index in [0.717, 1.165) is 0 Å². The van der Waals surface area contributed by atoms with Gasteiger partial charge in [0.05, 0.1) is 6.61 Å². The van der Waals surface area contributed by atoms with Crippen LogP contribution in [0.3, 0.4) is 0 Å². The van der Waals surface area contributed by atoms with Crippen LogP contribution in [-0.2, 0) is 0 Å². The van der Waals surface area contributed by atoms with E-state index in [-0.39, 0.29) is 19.3 Å². The second kappa shape index (κ2) is 5.44. The van der Waals surface area contributed by atoms with Crippen molar-refractivity contribution < 1.29 is 15.3 Å². The Morgan fingerprint density at radius 1 is 0.800 bits per heavy atom. The lowest BCUT2D eigenvalue weighted by Crippen LogP contribution is -2.56. The summed E-state index contributed by atoms with van der Waals surface area (Å²) < 4.78 is 0. The molecule has 0 aromatic rings. The molecule has 0 saturated heterocycles. The summed E-state index contributed by atoms with van der Waals surface area (Å²) in [4.78, 5) is 0. The summed E-state index contributed by atoms with van der Waals surface area (Å²) >= 11 is 0. The average Bonchev–Trinajstić information content (AvgIpc) is 2.18. The molecule has 0 amide bonds. The summed E-state index contributed by atoms with van der Waals surface area (Å²) in [6.07, 6.45) is 14.6. The maximum atomic E-state index is 10.1. The van der Waals surface area contributed by atoms with Gasteiger partial charge in [0.25, 0.3) is 0 Å². The summed E-state index contributed by atoms with van der Waals surface area (Å²) in [6.45, 7) is -0.697. The topological polar surface area (TPSA) is 60.7 Å². The summed E-state index contributed by atoms with van der Waals surface area (Å²) in [5.74, 6) is 6.59. The number of hydrogen-bond donors (Lipinski definition) is 3. The Kier molecular flexibility index (Phi) is 4.92. The van der Waals surface area contributed by atoms with Gasteiger partial charge in [-0.1, -0.05) is 0 Å². The third-order valence-electron chi connectivity index (χ3n) is 2.31. The third kappa shape index (κ3) is 2.75. The van der Waals surface area contributed by atoms with Gasteiger partial charge in [-0.2, -0.15) is 0 Å². The molecule has 0 radical (unpaired) electrons. The Balaban J connectivity index is 5.13. The fourth-order valence-corrected chi connectivity index (χ4v) is 1.27. The maximum Gasteiger partial charge on any atom is 0.129 e. The summed E-state index contributed by atoms with van der Waals surface area (Å²) in [5.41, 5.74) is -3.61. The Labute approximate surface area is 90.1 Å². The standard InChI is InChI=1S/C12H14O3/c1-4-7-11(14,8-5-2)12(15,10-13)9-6-3/h1-3,13-15H,7-10H2. The lowest BCUT2D eigenvalue weighted by molar-refractivity contribution is -0.164. The van der Waals surface area contributed by atoms with Gasteiger partial charge in [0.2, 0.25) is 0 Å². The molecule has 0 heterocycles. The largest absolute Gasteiger partial charge is 0.393 e. The van der Waals surface area contributed by atoms with Crippen LogP contribution in [0.5, 0.6) is 0 Å². The molecule has 0 spiro atoms. The van der Waals surface area contributed by atoms with Gasteiger partial charge in [0, 0.05) is 19.3 Å². The van der Waals surface area contributed by atoms with Gasteiger partial charge in [-0.25, -0.2) is 0 Å². The first-order valence-electron chi connectivity index (χ1n) is 4.35. The van der Waals surface area contributed by atoms with E-state index in [2.05, 4.69) is 17.8 Å². The smallest absolute Gasteiger partial charge is 0.129 e. The molecule has 1 atom stereocenters. The van der Waals surface area contributed by atoms with Crippen LogP contribution in [0.2, 0.25) is 0 Å². The van der Waals surface area contributed by atoms with Gasteiger partial charge in [-0.15, -0.1) is 37.0 Å². The molecule has 0 aliphatic rings. The molecule has 3 nitrogen and oxygen atoms in total. The van der Waals surface area contributed by atoms with Crippen molar-refractivity contribution in [3.05, 3.63) is 0 Å². The minimum absolute atomic E-state index is 0.171. The SMILES string of the molecule is C#CCC(O)(CO)C(O)(CC#C)CC#C. The van der Waals surface area contributed by atoms with Crippen molar-refractivity contribution >= 4 is 0 Å². The molecule has 0 aromatic heterocycles. The molecule has 0 fully saturated rings. The van der Waals surface area contributed by atoms with Crippen molar-refractivity contribution in [2.45, 2.75) is 30.5 Å². The van der Waals surface area contributed by atoms with E-state index in [1.807, 2.05) is 0 Å². The molecule has 15 heavy (non-hydrogen) atoms. The second-order valence-corrected chi connectivity index (χ2v) is 3.36. The van der Waals surface area contributed by atoms with Crippen molar-refractivity contribution in [2.75, 3.05) is 6.61 Å². The van der Waals surface area contributed by atoms with Crippen LogP contribution in [0.15, 0.2) is 0 Å². The molecule has 80 valence electrons. The highest BCUT2D eigenvalue weighted by molar-refractivity contribution is 5.14. The van der Waals surface area contributed by atoms with Crippen LogP contribution in [-0.4, -0.2) is 33.1 Å². The Hall–Kier alpha value is -1.44. The molecule has 0 aliphatic heterocycles. The second-order valence-electron chi connectivity index (χ2n) is 3.36. The first kappa shape index (κ1) is 13.6. The first-order valence-corrected chi connectivity index (χ1v) is 4.35. The molecular weight excluding hydrogens is 192 g/mol. The van der Waals surface area contributed by atoms with Gasteiger partial charge in [0.15, 0.2) is 0 Å². The third-order valence-corrected chi connectivity index (χ3v) is 2.31. The predicted octanol–water partition coefficient (Wildman–Crippen LogP) is -0.489. The minimum atomic E-state index is -1.86. The van der Waals surface area contributed by atoms with Crippen LogP contribution in [0.4, 0.5) is 0 Å². The van der Waals surface area contributed by atoms with Gasteiger partial charge in [-0.05, 0) is 0 Å². The monoisotopic (exact) mass is 206 g/mol. The fourth-order valence-electron chi connectivity index (χ4n) is 1.27. The molecule has 0 bridgehead atoms. The number of aliphatic hydroxyl groups excluding tert-OH is 1. The quantitative estimate of drug-likeness (QED) is 0.532. The molecule has 0 saturated carbocycles. The normalized spacial score (nSPS) is 14.4. The molecule has 0 aliphatic carbocycles. The van der Waals surface area contributed by atoms with E-state index < -0.39 is 17.8 Å². The Bertz CT molecular complexity index is 310. The zero-order valence-electron chi connectivity index (χ0n) is 8.40. The van der Waals surface area contributed by atoms with Crippen LogP contribution >= 0.6 is 0 Å². The number of aliphatic hydroxyl groups is 3. The van der Waals surface area contributed by atoms with Gasteiger partial charge in [0.1, 0.15) is 11.2 Å². The van der Waals surface area contributed by atoms with E-state index >= 15 is 0 Å². The van der Waals surface area contributed by atoms with Gasteiger partial charge in [-0.3, -0.25) is 0 Å². The highest BCUT2D eigenvalue weighted by Crippen LogP contribution is 2.31. The minimum Gasteiger partial charge on any atom is -0.393 e. The molecular formula is C12H14O3. The molecule has 3 N–H and O–H groups in total. The predicted molar refractivity (Wildman–Crippen MR) is 57.3 cm³/mol. The molecule has 3 heteroatoms. The van der Waals surface area contributed by atoms with Crippen LogP contribution in [0, 0.1) is 37.0 Å². The number of terminal acetylenes is 3. The van der Waals surface area contributed by atoms with Crippen LogP contribution in [0.1, 0.15) is 19.3 Å². The van der Waals surface area contributed by atoms with Crippen molar-refractivity contribution in [1.82, 2.24) is 0 Å². The number of hydrogen-bond acceptors (Lipinski definition) is 3. The van der Waals surface area contributed by atoms with Crippen LogP contribution < -0.4 is 0 Å². The Morgan fingerprint density at radius 2 is 1.13 bits per heavy atom. The fraction of sp³-hybridized carbons (Fsp3) is 0.500. The van der Waals surface area contributed by atoms with Crippen molar-refractivity contribution in [2.24, 2.45) is 0 Å². The maximum absolute atomic E-state index is 10.1. The first-order chi connectivity index (χ1) is 6.99. The van der Waals surface area contributed by atoms with Crippen molar-refractivity contribution in [1.29, 1.82) is 0 Å². The Morgan fingerprint density at radius 3 is 1.40 bits per heavy atom. The van der Waals surface area contributed by atoms with E-state index in [1.165, 1.54) is 0 Å². The van der Waals surface area contributed by atoms with E-state index in [0.29, 0.717) is 0 Å². The van der Waals surface area contributed by atoms with Gasteiger partial charge >= 0.3 is 0 Å². The lowest BCUT2D eigenvalue weighted by Gasteiger charge is -2.39. The van der Waals surface area contributed by atoms with Gasteiger partial charge < -0.3 is 15.3 Å². The van der Waals surface area contributed by atoms with E-state index in [4.69, 9.17) is 24.4 Å². The summed E-state index contributed by atoms with van der Waals surface area (Å²) in [6, 6.07) is 0. The average molecular weight is 206 g/mol.